The average molecular weight is 925 g/mol. The van der Waals surface area contributed by atoms with Crippen LogP contribution >= 0.6 is 103 Å². The lowest BCUT2D eigenvalue weighted by molar-refractivity contribution is -0.113. The van der Waals surface area contributed by atoms with E-state index in [1.807, 2.05) is 90.4 Å². The molecule has 0 fully saturated rings. The molecule has 0 aromatic heterocycles. The van der Waals surface area contributed by atoms with Crippen molar-refractivity contribution in [3.05, 3.63) is 66.9 Å². The standard InChI is InChI=1S/C22H11I4NO6S/c23-12-4-10-19(15(25)17(12)29)32-20-11(5-13(24)18(30)16(20)26)22(10)9-2-1-7(27-14(28)6-34)3-8(9)21(31)33-22/h1-5,29-30,34H,6H2,(H,27,28). The smallest absolute Gasteiger partial charge is 0.340 e. The van der Waals surface area contributed by atoms with Gasteiger partial charge in [0.2, 0.25) is 5.91 Å². The molecular formula is C22H11I4NO6S. The number of rotatable bonds is 2. The van der Waals surface area contributed by atoms with Crippen molar-refractivity contribution in [1.29, 1.82) is 0 Å². The van der Waals surface area contributed by atoms with Gasteiger partial charge in [-0.2, -0.15) is 12.6 Å². The van der Waals surface area contributed by atoms with Crippen LogP contribution in [-0.2, 0) is 15.1 Å². The topological polar surface area (TPSA) is 105 Å². The second kappa shape index (κ2) is 8.98. The Morgan fingerprint density at radius 3 is 2.03 bits per heavy atom. The summed E-state index contributed by atoms with van der Waals surface area (Å²) < 4.78 is 14.5. The number of ether oxygens (including phenoxy) is 2. The van der Waals surface area contributed by atoms with E-state index in [1.54, 1.807) is 30.3 Å². The number of carbonyl (C=O) groups excluding carboxylic acids is 2. The number of phenols is 2. The maximum absolute atomic E-state index is 13.2. The van der Waals surface area contributed by atoms with Crippen molar-refractivity contribution in [2.75, 3.05) is 11.1 Å². The van der Waals surface area contributed by atoms with Crippen LogP contribution in [0.15, 0.2) is 30.3 Å². The molecule has 3 aromatic rings. The number of amides is 1. The zero-order chi connectivity index (χ0) is 24.5. The number of hydrogen-bond acceptors (Lipinski definition) is 7. The van der Waals surface area contributed by atoms with Crippen LogP contribution in [-0.4, -0.2) is 27.8 Å². The van der Waals surface area contributed by atoms with E-state index in [1.165, 1.54) is 0 Å². The predicted octanol–water partition coefficient (Wildman–Crippen LogP) is 5.95. The lowest BCUT2D eigenvalue weighted by atomic mass is 9.77. The van der Waals surface area contributed by atoms with Crippen LogP contribution in [0, 0.1) is 14.3 Å². The van der Waals surface area contributed by atoms with Crippen LogP contribution in [0.4, 0.5) is 5.69 Å². The fourth-order valence-electron chi connectivity index (χ4n) is 4.10. The van der Waals surface area contributed by atoms with E-state index in [-0.39, 0.29) is 23.2 Å². The number of thiol groups is 1. The Morgan fingerprint density at radius 2 is 1.50 bits per heavy atom. The van der Waals surface area contributed by atoms with Crippen molar-refractivity contribution in [3.63, 3.8) is 0 Å². The molecule has 174 valence electrons. The zero-order valence-corrected chi connectivity index (χ0v) is 26.1. The lowest BCUT2D eigenvalue weighted by Crippen LogP contribution is -2.34. The Kier molecular flexibility index (Phi) is 6.59. The van der Waals surface area contributed by atoms with E-state index < -0.39 is 11.6 Å². The van der Waals surface area contributed by atoms with Gasteiger partial charge in [0.25, 0.3) is 0 Å². The molecule has 1 amide bonds. The maximum Gasteiger partial charge on any atom is 0.340 e. The molecule has 2 heterocycles. The molecule has 5 rings (SSSR count). The predicted molar refractivity (Wildman–Crippen MR) is 161 cm³/mol. The van der Waals surface area contributed by atoms with Gasteiger partial charge in [0.1, 0.15) is 11.5 Å². The van der Waals surface area contributed by atoms with Crippen LogP contribution in [0.5, 0.6) is 23.0 Å². The highest BCUT2D eigenvalue weighted by Gasteiger charge is 2.55. The Balaban J connectivity index is 1.86. The fraction of sp³-hybridized carbons (Fsp3) is 0.0909. The van der Waals surface area contributed by atoms with Gasteiger partial charge in [0, 0.05) is 11.3 Å². The number of esters is 1. The molecule has 0 saturated carbocycles. The summed E-state index contributed by atoms with van der Waals surface area (Å²) in [5.41, 5.74) is 1.06. The van der Waals surface area contributed by atoms with E-state index in [2.05, 4.69) is 17.9 Å². The second-order valence-corrected chi connectivity index (χ2v) is 12.2. The molecule has 3 N–H and O–H groups in total. The van der Waals surface area contributed by atoms with E-state index in [9.17, 15) is 19.8 Å². The van der Waals surface area contributed by atoms with Gasteiger partial charge >= 0.3 is 5.97 Å². The van der Waals surface area contributed by atoms with Gasteiger partial charge in [-0.15, -0.1) is 0 Å². The molecule has 2 aliphatic rings. The number of benzene rings is 3. The molecule has 0 bridgehead atoms. The summed E-state index contributed by atoms with van der Waals surface area (Å²) in [6.07, 6.45) is 0. The molecule has 1 spiro atoms. The molecule has 0 saturated heterocycles. The Hall–Kier alpha value is -0.730. The van der Waals surface area contributed by atoms with Crippen LogP contribution in [0.2, 0.25) is 0 Å². The van der Waals surface area contributed by atoms with Crippen molar-refractivity contribution in [1.82, 2.24) is 0 Å². The molecule has 34 heavy (non-hydrogen) atoms. The number of nitrogens with one attached hydrogen (secondary N) is 1. The first-order valence-corrected chi connectivity index (χ1v) is 14.4. The quantitative estimate of drug-likeness (QED) is 0.144. The third-order valence-corrected chi connectivity index (χ3v) is 9.49. The first-order chi connectivity index (χ1) is 16.1. The molecule has 0 unspecified atom stereocenters. The summed E-state index contributed by atoms with van der Waals surface area (Å²) in [6, 6.07) is 8.50. The third kappa shape index (κ3) is 3.60. The fourth-order valence-corrected chi connectivity index (χ4v) is 7.76. The molecule has 0 atom stereocenters. The number of carbonyl (C=O) groups is 2. The highest BCUT2D eigenvalue weighted by molar-refractivity contribution is 14.1. The van der Waals surface area contributed by atoms with Crippen LogP contribution in [0.3, 0.4) is 0 Å². The number of aromatic hydroxyl groups is 2. The highest BCUT2D eigenvalue weighted by atomic mass is 127. The molecule has 3 aromatic carbocycles. The number of halogens is 4. The monoisotopic (exact) mass is 925 g/mol. The van der Waals surface area contributed by atoms with Crippen molar-refractivity contribution in [2.24, 2.45) is 0 Å². The molecule has 12 heteroatoms. The summed E-state index contributed by atoms with van der Waals surface area (Å²) >= 11 is 12.0. The largest absolute Gasteiger partial charge is 0.506 e. The first kappa shape index (κ1) is 24.9. The SMILES string of the molecule is O=C(CS)Nc1ccc2c(c1)C(=O)OC21c2cc(I)c(O)c(I)c2Oc2c1cc(I)c(O)c2I. The van der Waals surface area contributed by atoms with Crippen LogP contribution in [0.25, 0.3) is 0 Å². The van der Waals surface area contributed by atoms with Crippen molar-refractivity contribution >= 4 is 121 Å². The minimum atomic E-state index is -1.37. The summed E-state index contributed by atoms with van der Waals surface area (Å²) in [5.74, 6) is -0.0626. The Bertz CT molecular complexity index is 1380. The van der Waals surface area contributed by atoms with Crippen LogP contribution < -0.4 is 10.1 Å². The first-order valence-electron chi connectivity index (χ1n) is 9.49. The Morgan fingerprint density at radius 1 is 0.941 bits per heavy atom. The summed E-state index contributed by atoms with van der Waals surface area (Å²) in [7, 11) is 0. The summed E-state index contributed by atoms with van der Waals surface area (Å²) in [6.45, 7) is 0. The van der Waals surface area contributed by atoms with Gasteiger partial charge in [0.05, 0.1) is 36.7 Å². The van der Waals surface area contributed by atoms with Crippen molar-refractivity contribution in [3.8, 4) is 23.0 Å². The highest BCUT2D eigenvalue weighted by Crippen LogP contribution is 2.60. The van der Waals surface area contributed by atoms with Gasteiger partial charge in [-0.1, -0.05) is 6.07 Å². The number of fused-ring (bicyclic) bond motifs is 6. The minimum absolute atomic E-state index is 0.00426. The number of phenolic OH excluding ortho intramolecular Hbond substituents is 2. The van der Waals surface area contributed by atoms with Crippen molar-refractivity contribution in [2.45, 2.75) is 5.60 Å². The lowest BCUT2D eigenvalue weighted by Gasteiger charge is -2.38. The van der Waals surface area contributed by atoms with E-state index in [0.717, 1.165) is 0 Å². The van der Waals surface area contributed by atoms with E-state index >= 15 is 0 Å². The molecule has 0 radical (unpaired) electrons. The van der Waals surface area contributed by atoms with Crippen molar-refractivity contribution < 1.29 is 29.3 Å². The van der Waals surface area contributed by atoms with Gasteiger partial charge in [0.15, 0.2) is 17.1 Å². The normalized spacial score (nSPS) is 14.7. The molecule has 2 aliphatic heterocycles. The minimum Gasteiger partial charge on any atom is -0.506 e. The van der Waals surface area contributed by atoms with Gasteiger partial charge in [-0.3, -0.25) is 4.79 Å². The maximum atomic E-state index is 13.2. The zero-order valence-electron chi connectivity index (χ0n) is 16.6. The summed E-state index contributed by atoms with van der Waals surface area (Å²) in [5, 5.41) is 23.9. The van der Waals surface area contributed by atoms with Gasteiger partial charge in [-0.05, 0) is 115 Å². The molecule has 0 aliphatic carbocycles. The molecule has 7 nitrogen and oxygen atoms in total. The number of anilines is 1. The van der Waals surface area contributed by atoms with E-state index in [4.69, 9.17) is 9.47 Å². The molecular weight excluding hydrogens is 914 g/mol. The third-order valence-electron chi connectivity index (χ3n) is 5.55. The van der Waals surface area contributed by atoms with E-state index in [0.29, 0.717) is 53.7 Å². The Labute approximate surface area is 253 Å². The number of hydrogen-bond donors (Lipinski definition) is 4. The van der Waals surface area contributed by atoms with Gasteiger partial charge < -0.3 is 25.0 Å². The average Bonchev–Trinajstić information content (AvgIpc) is 3.10. The van der Waals surface area contributed by atoms with Gasteiger partial charge in [-0.25, -0.2) is 4.79 Å². The van der Waals surface area contributed by atoms with Crippen LogP contribution in [0.1, 0.15) is 27.0 Å². The summed E-state index contributed by atoms with van der Waals surface area (Å²) in [4.78, 5) is 25.1. The second-order valence-electron chi connectivity index (χ2n) is 7.43.